The zero-order valence-electron chi connectivity index (χ0n) is 10.9. The molecular weight excluding hydrogens is 248 g/mol. The largest absolute Gasteiger partial charge is 0.464 e. The van der Waals surface area contributed by atoms with Crippen molar-refractivity contribution in [3.8, 4) is 0 Å². The standard InChI is InChI=1S/C14H16O5/c1-3-17-12(15)11-14(19-11,13(16)18-4-2)10-8-6-5-7-9-10/h5-9,11H,3-4H2,1-2H3/t11-,14-/m0/s1. The first-order valence-corrected chi connectivity index (χ1v) is 6.24. The van der Waals surface area contributed by atoms with Gasteiger partial charge >= 0.3 is 11.9 Å². The summed E-state index contributed by atoms with van der Waals surface area (Å²) in [6.45, 7) is 3.88. The second-order valence-electron chi connectivity index (χ2n) is 4.07. The number of carbonyl (C=O) groups excluding carboxylic acids is 2. The summed E-state index contributed by atoms with van der Waals surface area (Å²) < 4.78 is 15.3. The summed E-state index contributed by atoms with van der Waals surface area (Å²) in [6, 6.07) is 8.84. The van der Waals surface area contributed by atoms with Crippen molar-refractivity contribution in [1.29, 1.82) is 0 Å². The number of ether oxygens (including phenoxy) is 3. The van der Waals surface area contributed by atoms with Crippen molar-refractivity contribution >= 4 is 11.9 Å². The SMILES string of the molecule is CCOC(=O)[C@@H]1O[C@@]1(C(=O)OCC)c1ccccc1. The molecule has 0 amide bonds. The van der Waals surface area contributed by atoms with Crippen LogP contribution in [0.3, 0.4) is 0 Å². The van der Waals surface area contributed by atoms with Crippen LogP contribution in [0.4, 0.5) is 0 Å². The first kappa shape index (κ1) is 13.5. The molecule has 1 aliphatic heterocycles. The Morgan fingerprint density at radius 1 is 1.16 bits per heavy atom. The van der Waals surface area contributed by atoms with Crippen LogP contribution in [0.25, 0.3) is 0 Å². The minimum absolute atomic E-state index is 0.228. The molecule has 1 heterocycles. The summed E-state index contributed by atoms with van der Waals surface area (Å²) in [4.78, 5) is 23.8. The molecule has 1 saturated heterocycles. The van der Waals surface area contributed by atoms with Crippen molar-refractivity contribution in [2.24, 2.45) is 0 Å². The highest BCUT2D eigenvalue weighted by Crippen LogP contribution is 2.48. The lowest BCUT2D eigenvalue weighted by atomic mass is 9.95. The average molecular weight is 264 g/mol. The van der Waals surface area contributed by atoms with Crippen LogP contribution in [-0.2, 0) is 29.4 Å². The fraction of sp³-hybridized carbons (Fsp3) is 0.429. The zero-order chi connectivity index (χ0) is 13.9. The fourth-order valence-electron chi connectivity index (χ4n) is 2.00. The molecular formula is C14H16O5. The first-order valence-electron chi connectivity index (χ1n) is 6.24. The Balaban J connectivity index is 2.28. The molecule has 0 spiro atoms. The molecule has 0 aliphatic carbocycles. The van der Waals surface area contributed by atoms with Gasteiger partial charge in [0.05, 0.1) is 13.2 Å². The lowest BCUT2D eigenvalue weighted by Gasteiger charge is -2.11. The molecule has 19 heavy (non-hydrogen) atoms. The minimum atomic E-state index is -1.34. The summed E-state index contributed by atoms with van der Waals surface area (Å²) in [5.41, 5.74) is -0.740. The van der Waals surface area contributed by atoms with Gasteiger partial charge in [0.25, 0.3) is 0 Å². The van der Waals surface area contributed by atoms with Crippen molar-refractivity contribution in [2.45, 2.75) is 25.6 Å². The van der Waals surface area contributed by atoms with Crippen molar-refractivity contribution in [3.63, 3.8) is 0 Å². The second-order valence-corrected chi connectivity index (χ2v) is 4.07. The maximum absolute atomic E-state index is 12.1. The molecule has 1 fully saturated rings. The lowest BCUT2D eigenvalue weighted by molar-refractivity contribution is -0.151. The molecule has 0 unspecified atom stereocenters. The van der Waals surface area contributed by atoms with Crippen LogP contribution in [0.1, 0.15) is 19.4 Å². The van der Waals surface area contributed by atoms with Gasteiger partial charge in [-0.15, -0.1) is 0 Å². The lowest BCUT2D eigenvalue weighted by Crippen LogP contribution is -2.31. The number of esters is 2. The third-order valence-electron chi connectivity index (χ3n) is 2.90. The molecule has 0 bridgehead atoms. The number of rotatable bonds is 5. The van der Waals surface area contributed by atoms with Gasteiger partial charge in [0.1, 0.15) is 0 Å². The van der Waals surface area contributed by atoms with Gasteiger partial charge in [0.2, 0.25) is 11.7 Å². The van der Waals surface area contributed by atoms with Crippen LogP contribution < -0.4 is 0 Å². The quantitative estimate of drug-likeness (QED) is 0.594. The van der Waals surface area contributed by atoms with Crippen LogP contribution in [0.5, 0.6) is 0 Å². The number of benzene rings is 1. The number of hydrogen-bond acceptors (Lipinski definition) is 5. The van der Waals surface area contributed by atoms with Gasteiger partial charge in [-0.25, -0.2) is 9.59 Å². The molecule has 5 heteroatoms. The predicted molar refractivity (Wildman–Crippen MR) is 66.3 cm³/mol. The molecule has 2 rings (SSSR count). The van der Waals surface area contributed by atoms with E-state index in [1.54, 1.807) is 38.1 Å². The van der Waals surface area contributed by atoms with E-state index < -0.39 is 23.6 Å². The predicted octanol–water partition coefficient (Wildman–Crippen LogP) is 1.41. The Labute approximate surface area is 111 Å². The van der Waals surface area contributed by atoms with Gasteiger partial charge in [-0.1, -0.05) is 30.3 Å². The summed E-state index contributed by atoms with van der Waals surface area (Å²) in [5.74, 6) is -1.10. The molecule has 1 aromatic carbocycles. The highest BCUT2D eigenvalue weighted by atomic mass is 16.7. The Morgan fingerprint density at radius 2 is 1.79 bits per heavy atom. The van der Waals surface area contributed by atoms with E-state index in [0.29, 0.717) is 5.56 Å². The van der Waals surface area contributed by atoms with E-state index >= 15 is 0 Å². The van der Waals surface area contributed by atoms with Gasteiger partial charge in [-0.05, 0) is 19.4 Å². The van der Waals surface area contributed by atoms with E-state index in [1.165, 1.54) is 0 Å². The van der Waals surface area contributed by atoms with Crippen molar-refractivity contribution in [2.75, 3.05) is 13.2 Å². The minimum Gasteiger partial charge on any atom is -0.464 e. The second kappa shape index (κ2) is 5.40. The number of epoxide rings is 1. The molecule has 102 valence electrons. The Hall–Kier alpha value is -1.88. The molecule has 1 aliphatic rings. The number of hydrogen-bond donors (Lipinski definition) is 0. The fourth-order valence-corrected chi connectivity index (χ4v) is 2.00. The normalized spacial score (nSPS) is 24.6. The summed E-state index contributed by atoms with van der Waals surface area (Å²) in [7, 11) is 0. The van der Waals surface area contributed by atoms with Gasteiger partial charge in [0, 0.05) is 0 Å². The highest BCUT2D eigenvalue weighted by molar-refractivity contribution is 5.95. The van der Waals surface area contributed by atoms with E-state index in [1.807, 2.05) is 6.07 Å². The van der Waals surface area contributed by atoms with Gasteiger partial charge in [0.15, 0.2) is 0 Å². The topological polar surface area (TPSA) is 65.1 Å². The summed E-state index contributed by atoms with van der Waals surface area (Å²) in [6.07, 6.45) is -0.922. The van der Waals surface area contributed by atoms with Crippen LogP contribution in [0, 0.1) is 0 Å². The number of carbonyl (C=O) groups is 2. The summed E-state index contributed by atoms with van der Waals surface area (Å²) >= 11 is 0. The molecule has 0 aromatic heterocycles. The maximum atomic E-state index is 12.1. The molecule has 0 saturated carbocycles. The average Bonchev–Trinajstić information content (AvgIpc) is 3.17. The molecule has 5 nitrogen and oxygen atoms in total. The smallest absolute Gasteiger partial charge is 0.346 e. The third-order valence-corrected chi connectivity index (χ3v) is 2.90. The summed E-state index contributed by atoms with van der Waals surface area (Å²) in [5, 5.41) is 0. The maximum Gasteiger partial charge on any atom is 0.346 e. The van der Waals surface area contributed by atoms with Crippen molar-refractivity contribution < 1.29 is 23.8 Å². The third kappa shape index (κ3) is 2.33. The van der Waals surface area contributed by atoms with Gasteiger partial charge in [-0.2, -0.15) is 0 Å². The van der Waals surface area contributed by atoms with Gasteiger partial charge < -0.3 is 14.2 Å². The highest BCUT2D eigenvalue weighted by Gasteiger charge is 2.69. The van der Waals surface area contributed by atoms with Gasteiger partial charge in [-0.3, -0.25) is 0 Å². The van der Waals surface area contributed by atoms with E-state index in [2.05, 4.69) is 0 Å². The molecule has 0 N–H and O–H groups in total. The van der Waals surface area contributed by atoms with Crippen molar-refractivity contribution in [3.05, 3.63) is 35.9 Å². The Bertz CT molecular complexity index is 470. The van der Waals surface area contributed by atoms with E-state index in [9.17, 15) is 9.59 Å². The van der Waals surface area contributed by atoms with Crippen LogP contribution >= 0.6 is 0 Å². The van der Waals surface area contributed by atoms with E-state index in [0.717, 1.165) is 0 Å². The monoisotopic (exact) mass is 264 g/mol. The van der Waals surface area contributed by atoms with Crippen LogP contribution in [0.2, 0.25) is 0 Å². The van der Waals surface area contributed by atoms with E-state index in [-0.39, 0.29) is 13.2 Å². The van der Waals surface area contributed by atoms with Crippen LogP contribution in [0.15, 0.2) is 30.3 Å². The molecule has 0 radical (unpaired) electrons. The Kier molecular flexibility index (Phi) is 3.85. The molecule has 1 aromatic rings. The molecule has 2 atom stereocenters. The van der Waals surface area contributed by atoms with Crippen LogP contribution in [-0.4, -0.2) is 31.3 Å². The first-order chi connectivity index (χ1) is 9.16. The van der Waals surface area contributed by atoms with Crippen molar-refractivity contribution in [1.82, 2.24) is 0 Å². The Morgan fingerprint density at radius 3 is 2.37 bits per heavy atom. The van der Waals surface area contributed by atoms with E-state index in [4.69, 9.17) is 14.2 Å². The zero-order valence-corrected chi connectivity index (χ0v) is 10.9.